The monoisotopic (exact) mass is 397 g/mol. The Labute approximate surface area is 164 Å². The number of nitriles is 1. The second-order valence-corrected chi connectivity index (χ2v) is 6.64. The Hall–Kier alpha value is -3.64. The Morgan fingerprint density at radius 1 is 1.25 bits per heavy atom. The first kappa shape index (κ1) is 20.7. The summed E-state index contributed by atoms with van der Waals surface area (Å²) in [5.41, 5.74) is 4.80. The molecule has 0 atom stereocenters. The molecule has 0 spiro atoms. The van der Waals surface area contributed by atoms with Gasteiger partial charge in [-0.25, -0.2) is 4.79 Å². The number of carbonyl (C=O) groups excluding carboxylic acids is 2. The molecule has 2 rings (SSSR count). The van der Waals surface area contributed by atoms with Gasteiger partial charge in [0.15, 0.2) is 6.61 Å². The third kappa shape index (κ3) is 5.18. The Bertz CT molecular complexity index is 992. The number of ketones is 1. The maximum atomic E-state index is 12.1. The number of hydrogen-bond acceptors (Lipinski definition) is 8. The minimum absolute atomic E-state index is 0.0153. The number of ether oxygens (including phenoxy) is 1. The van der Waals surface area contributed by atoms with Crippen molar-refractivity contribution >= 4 is 29.2 Å². The summed E-state index contributed by atoms with van der Waals surface area (Å²) in [4.78, 5) is 35.9. The van der Waals surface area contributed by atoms with Gasteiger partial charge < -0.3 is 10.5 Å². The average molecular weight is 397 g/mol. The summed E-state index contributed by atoms with van der Waals surface area (Å²) in [7, 11) is 0. The Morgan fingerprint density at radius 3 is 2.50 bits per heavy atom. The third-order valence-electron chi connectivity index (χ3n) is 3.48. The van der Waals surface area contributed by atoms with Crippen molar-refractivity contribution in [3.63, 3.8) is 0 Å². The molecule has 0 aromatic heterocycles. The molecule has 0 saturated carbocycles. The molecule has 0 bridgehead atoms. The molecule has 0 aliphatic rings. The van der Waals surface area contributed by atoms with E-state index in [0.29, 0.717) is 4.90 Å². The predicted octanol–water partition coefficient (Wildman–Crippen LogP) is 3.23. The molecule has 0 unspecified atom stereocenters. The number of rotatable bonds is 7. The molecular formula is C19H15N3O5S. The second-order valence-electron chi connectivity index (χ2n) is 5.52. The van der Waals surface area contributed by atoms with Gasteiger partial charge in [-0.1, -0.05) is 30.0 Å². The van der Waals surface area contributed by atoms with Crippen molar-refractivity contribution in [1.82, 2.24) is 0 Å². The molecule has 2 N–H and O–H groups in total. The first-order chi connectivity index (χ1) is 13.3. The zero-order chi connectivity index (χ0) is 20.7. The zero-order valence-electron chi connectivity index (χ0n) is 14.7. The average Bonchev–Trinajstić information content (AvgIpc) is 2.67. The standard InChI is InChI=1S/C19H15N3O5S/c1-12(21)15(10-20)17(23)11-27-19(24)13-7-8-18(16(9-13)22(25)26)28-14-5-3-2-4-6-14/h2-9H,11,21H2,1H3/b15-12+. The van der Waals surface area contributed by atoms with E-state index in [1.54, 1.807) is 6.07 Å². The van der Waals surface area contributed by atoms with Gasteiger partial charge in [0, 0.05) is 16.7 Å². The molecule has 8 nitrogen and oxygen atoms in total. The van der Waals surface area contributed by atoms with Gasteiger partial charge in [0.2, 0.25) is 5.78 Å². The normalized spacial score (nSPS) is 11.1. The lowest BCUT2D eigenvalue weighted by atomic mass is 10.1. The summed E-state index contributed by atoms with van der Waals surface area (Å²) >= 11 is 1.19. The molecule has 142 valence electrons. The Morgan fingerprint density at radius 2 is 1.93 bits per heavy atom. The number of allylic oxidation sites excluding steroid dienone is 1. The molecule has 0 amide bonds. The van der Waals surface area contributed by atoms with E-state index in [9.17, 15) is 19.7 Å². The van der Waals surface area contributed by atoms with Gasteiger partial charge >= 0.3 is 5.97 Å². The van der Waals surface area contributed by atoms with Crippen LogP contribution in [0.5, 0.6) is 0 Å². The van der Waals surface area contributed by atoms with Gasteiger partial charge in [-0.15, -0.1) is 0 Å². The van der Waals surface area contributed by atoms with Crippen LogP contribution in [0.3, 0.4) is 0 Å². The van der Waals surface area contributed by atoms with E-state index < -0.39 is 23.3 Å². The van der Waals surface area contributed by atoms with Crippen molar-refractivity contribution in [3.05, 3.63) is 75.5 Å². The fraction of sp³-hybridized carbons (Fsp3) is 0.105. The summed E-state index contributed by atoms with van der Waals surface area (Å²) < 4.78 is 4.86. The molecule has 9 heteroatoms. The maximum absolute atomic E-state index is 12.1. The number of nitrogens with two attached hydrogens (primary N) is 1. The first-order valence-corrected chi connectivity index (χ1v) is 8.73. The van der Waals surface area contributed by atoms with Crippen molar-refractivity contribution in [2.24, 2.45) is 5.73 Å². The predicted molar refractivity (Wildman–Crippen MR) is 101 cm³/mol. The lowest BCUT2D eigenvalue weighted by Crippen LogP contribution is -2.17. The van der Waals surface area contributed by atoms with E-state index in [2.05, 4.69) is 0 Å². The van der Waals surface area contributed by atoms with Crippen molar-refractivity contribution < 1.29 is 19.2 Å². The van der Waals surface area contributed by atoms with Gasteiger partial charge in [-0.2, -0.15) is 5.26 Å². The molecule has 0 aliphatic heterocycles. The van der Waals surface area contributed by atoms with Crippen LogP contribution in [0, 0.1) is 21.4 Å². The van der Waals surface area contributed by atoms with E-state index in [0.717, 1.165) is 11.0 Å². The van der Waals surface area contributed by atoms with Crippen LogP contribution in [0.4, 0.5) is 5.69 Å². The summed E-state index contributed by atoms with van der Waals surface area (Å²) in [6.45, 7) is 0.690. The number of benzene rings is 2. The molecule has 0 saturated heterocycles. The number of hydrogen-bond donors (Lipinski definition) is 1. The fourth-order valence-electron chi connectivity index (χ4n) is 2.15. The van der Waals surface area contributed by atoms with Crippen LogP contribution in [0.25, 0.3) is 0 Å². The fourth-order valence-corrected chi connectivity index (χ4v) is 3.07. The van der Waals surface area contributed by atoms with Crippen LogP contribution in [0.2, 0.25) is 0 Å². The van der Waals surface area contributed by atoms with E-state index in [4.69, 9.17) is 15.7 Å². The molecule has 0 heterocycles. The molecule has 2 aromatic rings. The van der Waals surface area contributed by atoms with Gasteiger partial charge in [0.25, 0.3) is 5.69 Å². The number of nitrogens with zero attached hydrogens (tertiary/aromatic N) is 2. The SMILES string of the molecule is C/C(N)=C(/C#N)C(=O)COC(=O)c1ccc(Sc2ccccc2)c([N+](=O)[O-])c1. The highest BCUT2D eigenvalue weighted by Crippen LogP contribution is 2.35. The van der Waals surface area contributed by atoms with E-state index in [1.807, 2.05) is 30.3 Å². The lowest BCUT2D eigenvalue weighted by Gasteiger charge is -2.07. The number of esters is 1. The summed E-state index contributed by atoms with van der Waals surface area (Å²) in [6.07, 6.45) is 0. The summed E-state index contributed by atoms with van der Waals surface area (Å²) in [6, 6.07) is 14.6. The van der Waals surface area contributed by atoms with Crippen LogP contribution in [0.1, 0.15) is 17.3 Å². The lowest BCUT2D eigenvalue weighted by molar-refractivity contribution is -0.387. The Balaban J connectivity index is 2.18. The van der Waals surface area contributed by atoms with Crippen molar-refractivity contribution in [3.8, 4) is 6.07 Å². The van der Waals surface area contributed by atoms with E-state index in [1.165, 1.54) is 30.8 Å². The number of Topliss-reactive ketones (excluding diaryl/α,β-unsaturated/α-hetero) is 1. The highest BCUT2D eigenvalue weighted by molar-refractivity contribution is 7.99. The second kappa shape index (κ2) is 9.34. The van der Waals surface area contributed by atoms with Gasteiger partial charge in [0.05, 0.1) is 15.4 Å². The molecule has 28 heavy (non-hydrogen) atoms. The van der Waals surface area contributed by atoms with Gasteiger partial charge in [-0.3, -0.25) is 14.9 Å². The van der Waals surface area contributed by atoms with Crippen LogP contribution < -0.4 is 5.73 Å². The minimum Gasteiger partial charge on any atom is -0.454 e. The number of carbonyl (C=O) groups is 2. The molecule has 0 radical (unpaired) electrons. The first-order valence-electron chi connectivity index (χ1n) is 7.91. The number of nitro benzene ring substituents is 1. The maximum Gasteiger partial charge on any atom is 0.338 e. The zero-order valence-corrected chi connectivity index (χ0v) is 15.6. The largest absolute Gasteiger partial charge is 0.454 e. The van der Waals surface area contributed by atoms with Crippen LogP contribution in [-0.4, -0.2) is 23.3 Å². The molecule has 0 fully saturated rings. The highest BCUT2D eigenvalue weighted by atomic mass is 32.2. The molecule has 0 aliphatic carbocycles. The topological polar surface area (TPSA) is 136 Å². The number of nitro groups is 1. The van der Waals surface area contributed by atoms with Crippen molar-refractivity contribution in [2.75, 3.05) is 6.61 Å². The minimum atomic E-state index is -0.917. The van der Waals surface area contributed by atoms with Crippen LogP contribution >= 0.6 is 11.8 Å². The third-order valence-corrected chi connectivity index (χ3v) is 4.55. The van der Waals surface area contributed by atoms with Crippen LogP contribution in [-0.2, 0) is 9.53 Å². The molecule has 2 aromatic carbocycles. The van der Waals surface area contributed by atoms with Crippen molar-refractivity contribution in [2.45, 2.75) is 16.7 Å². The van der Waals surface area contributed by atoms with E-state index >= 15 is 0 Å². The van der Waals surface area contributed by atoms with Gasteiger partial charge in [-0.05, 0) is 31.2 Å². The highest BCUT2D eigenvalue weighted by Gasteiger charge is 2.20. The van der Waals surface area contributed by atoms with Crippen LogP contribution in [0.15, 0.2) is 69.6 Å². The summed E-state index contributed by atoms with van der Waals surface area (Å²) in [5, 5.41) is 20.3. The quantitative estimate of drug-likeness (QED) is 0.247. The molecular weight excluding hydrogens is 382 g/mol. The van der Waals surface area contributed by atoms with Gasteiger partial charge in [0.1, 0.15) is 11.6 Å². The smallest absolute Gasteiger partial charge is 0.338 e. The summed E-state index contributed by atoms with van der Waals surface area (Å²) in [5.74, 6) is -1.67. The van der Waals surface area contributed by atoms with E-state index in [-0.39, 0.29) is 22.5 Å². The Kier molecular flexibility index (Phi) is 6.90. The van der Waals surface area contributed by atoms with Crippen molar-refractivity contribution in [1.29, 1.82) is 5.26 Å².